The van der Waals surface area contributed by atoms with E-state index in [9.17, 15) is 0 Å². The second kappa shape index (κ2) is 3.35. The lowest BCUT2D eigenvalue weighted by atomic mass is 10.00. The molecule has 5 heteroatoms. The van der Waals surface area contributed by atoms with E-state index in [1.54, 1.807) is 17.7 Å². The summed E-state index contributed by atoms with van der Waals surface area (Å²) in [5.74, 6) is 1.28. The van der Waals surface area contributed by atoms with Crippen LogP contribution < -0.4 is 4.74 Å². The number of thiophene rings is 1. The lowest BCUT2D eigenvalue weighted by molar-refractivity contribution is 0.340. The third-order valence-electron chi connectivity index (χ3n) is 2.70. The average Bonchev–Trinajstić information content (AvgIpc) is 2.85. The molecule has 0 amide bonds. The van der Waals surface area contributed by atoms with E-state index < -0.39 is 0 Å². The molecule has 78 valence electrons. The molecule has 3 heterocycles. The molecule has 1 atom stereocenters. The summed E-state index contributed by atoms with van der Waals surface area (Å²) in [6.07, 6.45) is 1.74. The maximum absolute atomic E-state index is 5.67. The molecule has 3 nitrogen and oxygen atoms in total. The first-order valence-electron chi connectivity index (χ1n) is 4.67. The number of hydrogen-bond acceptors (Lipinski definition) is 3. The van der Waals surface area contributed by atoms with E-state index >= 15 is 0 Å². The maximum Gasteiger partial charge on any atom is 0.148 e. The van der Waals surface area contributed by atoms with Gasteiger partial charge in [0.15, 0.2) is 0 Å². The molecule has 1 aliphatic heterocycles. The van der Waals surface area contributed by atoms with Crippen LogP contribution in [0.2, 0.25) is 0 Å². The Labute approximate surface area is 99.6 Å². The average molecular weight is 285 g/mol. The monoisotopic (exact) mass is 284 g/mol. The number of fused-ring (bicyclic) bond motifs is 1. The number of rotatable bonds is 1. The zero-order valence-electron chi connectivity index (χ0n) is 8.08. The van der Waals surface area contributed by atoms with Crippen LogP contribution in [-0.2, 0) is 0 Å². The molecule has 1 unspecified atom stereocenters. The molecule has 0 saturated carbocycles. The number of aromatic nitrogens is 2. The number of halogens is 1. The van der Waals surface area contributed by atoms with Gasteiger partial charge >= 0.3 is 0 Å². The Morgan fingerprint density at radius 1 is 1.67 bits per heavy atom. The summed E-state index contributed by atoms with van der Waals surface area (Å²) in [6, 6.07) is 0. The summed E-state index contributed by atoms with van der Waals surface area (Å²) < 4.78 is 6.75. The second-order valence-corrected chi connectivity index (χ2v) is 5.77. The Morgan fingerprint density at radius 2 is 2.53 bits per heavy atom. The quantitative estimate of drug-likeness (QED) is 0.874. The van der Waals surface area contributed by atoms with Gasteiger partial charge in [-0.1, -0.05) is 0 Å². The number of hydrogen-bond donors (Lipinski definition) is 1. The molecule has 0 saturated heterocycles. The largest absolute Gasteiger partial charge is 0.490 e. The summed E-state index contributed by atoms with van der Waals surface area (Å²) in [7, 11) is 0. The van der Waals surface area contributed by atoms with Crippen LogP contribution in [0.5, 0.6) is 5.75 Å². The molecule has 0 spiro atoms. The van der Waals surface area contributed by atoms with Crippen molar-refractivity contribution in [2.24, 2.45) is 0 Å². The molecule has 0 aliphatic carbocycles. The normalized spacial score (nSPS) is 18.9. The Bertz CT molecular complexity index is 505. The minimum atomic E-state index is 0.286. The van der Waals surface area contributed by atoms with Crippen LogP contribution in [-0.4, -0.2) is 16.6 Å². The Balaban J connectivity index is 2.08. The van der Waals surface area contributed by atoms with E-state index in [-0.39, 0.29) is 5.92 Å². The highest BCUT2D eigenvalue weighted by atomic mass is 79.9. The van der Waals surface area contributed by atoms with Crippen molar-refractivity contribution in [1.82, 2.24) is 9.97 Å². The predicted octanol–water partition coefficient (Wildman–Crippen LogP) is 3.07. The number of nitrogens with one attached hydrogen (secondary N) is 1. The molecule has 15 heavy (non-hydrogen) atoms. The molecular weight excluding hydrogens is 276 g/mol. The minimum Gasteiger partial charge on any atom is -0.490 e. The maximum atomic E-state index is 5.67. The number of imidazole rings is 1. The minimum absolute atomic E-state index is 0.286. The lowest BCUT2D eigenvalue weighted by Gasteiger charge is -2.05. The first-order chi connectivity index (χ1) is 7.27. The van der Waals surface area contributed by atoms with Gasteiger partial charge in [-0.15, -0.1) is 11.3 Å². The summed E-state index contributed by atoms with van der Waals surface area (Å²) in [6.45, 7) is 2.74. The fourth-order valence-corrected chi connectivity index (χ4v) is 3.33. The van der Waals surface area contributed by atoms with E-state index in [1.165, 1.54) is 5.56 Å². The Morgan fingerprint density at radius 3 is 3.27 bits per heavy atom. The van der Waals surface area contributed by atoms with Crippen LogP contribution in [0.3, 0.4) is 0 Å². The van der Waals surface area contributed by atoms with Crippen molar-refractivity contribution in [3.05, 3.63) is 32.4 Å². The van der Waals surface area contributed by atoms with Crippen LogP contribution >= 0.6 is 27.3 Å². The first-order valence-corrected chi connectivity index (χ1v) is 6.34. The Hall–Kier alpha value is -0.810. The second-order valence-electron chi connectivity index (χ2n) is 3.57. The van der Waals surface area contributed by atoms with Crippen molar-refractivity contribution in [3.63, 3.8) is 0 Å². The lowest BCUT2D eigenvalue weighted by Crippen LogP contribution is -2.04. The molecule has 2 aromatic heterocycles. The van der Waals surface area contributed by atoms with E-state index in [1.807, 2.05) is 6.92 Å². The number of ether oxygens (including phenoxy) is 1. The van der Waals surface area contributed by atoms with E-state index in [4.69, 9.17) is 4.74 Å². The summed E-state index contributed by atoms with van der Waals surface area (Å²) in [5.41, 5.74) is 3.47. The van der Waals surface area contributed by atoms with Crippen molar-refractivity contribution in [1.29, 1.82) is 0 Å². The molecular formula is C10H9BrN2OS. The molecule has 0 radical (unpaired) electrons. The standard InChI is InChI=1S/C10H9BrN2OS/c1-5-8(13-4-12-5)6-2-14-9-7(6)3-15-10(9)11/h3-4,6H,2H2,1H3,(H,12,13). The molecule has 1 aliphatic rings. The van der Waals surface area contributed by atoms with Crippen molar-refractivity contribution in [2.45, 2.75) is 12.8 Å². The first kappa shape index (κ1) is 9.42. The highest BCUT2D eigenvalue weighted by Gasteiger charge is 2.31. The molecule has 1 N–H and O–H groups in total. The molecule has 3 rings (SSSR count). The number of aromatic amines is 1. The van der Waals surface area contributed by atoms with Crippen molar-refractivity contribution in [2.75, 3.05) is 6.61 Å². The number of H-pyrrole nitrogens is 1. The highest BCUT2D eigenvalue weighted by molar-refractivity contribution is 9.11. The predicted molar refractivity (Wildman–Crippen MR) is 62.7 cm³/mol. The van der Waals surface area contributed by atoms with Crippen LogP contribution in [0.1, 0.15) is 22.9 Å². The zero-order chi connectivity index (χ0) is 10.4. The van der Waals surface area contributed by atoms with Gasteiger partial charge in [-0.05, 0) is 28.2 Å². The van der Waals surface area contributed by atoms with Gasteiger partial charge < -0.3 is 9.72 Å². The fraction of sp³-hybridized carbons (Fsp3) is 0.300. The van der Waals surface area contributed by atoms with Gasteiger partial charge in [-0.25, -0.2) is 4.98 Å². The number of aryl methyl sites for hydroxylation is 1. The third-order valence-corrected chi connectivity index (χ3v) is 4.38. The van der Waals surface area contributed by atoms with Gasteiger partial charge in [0.2, 0.25) is 0 Å². The summed E-state index contributed by atoms with van der Waals surface area (Å²) in [4.78, 5) is 7.47. The summed E-state index contributed by atoms with van der Waals surface area (Å²) >= 11 is 5.16. The Kier molecular flexibility index (Phi) is 2.10. The highest BCUT2D eigenvalue weighted by Crippen LogP contribution is 2.46. The summed E-state index contributed by atoms with van der Waals surface area (Å²) in [5, 5.41) is 2.14. The molecule has 2 aromatic rings. The van der Waals surface area contributed by atoms with Crippen molar-refractivity contribution >= 4 is 27.3 Å². The molecule has 0 aromatic carbocycles. The van der Waals surface area contributed by atoms with Crippen LogP contribution in [0.15, 0.2) is 15.5 Å². The topological polar surface area (TPSA) is 37.9 Å². The van der Waals surface area contributed by atoms with Crippen LogP contribution in [0, 0.1) is 6.92 Å². The van der Waals surface area contributed by atoms with Gasteiger partial charge in [-0.2, -0.15) is 0 Å². The van der Waals surface area contributed by atoms with Gasteiger partial charge in [-0.3, -0.25) is 0 Å². The van der Waals surface area contributed by atoms with Gasteiger partial charge in [0.1, 0.15) is 16.1 Å². The third kappa shape index (κ3) is 1.33. The van der Waals surface area contributed by atoms with Gasteiger partial charge in [0, 0.05) is 11.3 Å². The zero-order valence-corrected chi connectivity index (χ0v) is 10.5. The van der Waals surface area contributed by atoms with E-state index in [0.29, 0.717) is 6.61 Å². The number of nitrogens with zero attached hydrogens (tertiary/aromatic N) is 1. The van der Waals surface area contributed by atoms with E-state index in [2.05, 4.69) is 31.3 Å². The van der Waals surface area contributed by atoms with E-state index in [0.717, 1.165) is 20.9 Å². The fourth-order valence-electron chi connectivity index (χ4n) is 1.92. The molecule has 0 bridgehead atoms. The smallest absolute Gasteiger partial charge is 0.148 e. The van der Waals surface area contributed by atoms with Gasteiger partial charge in [0.25, 0.3) is 0 Å². The van der Waals surface area contributed by atoms with Crippen molar-refractivity contribution < 1.29 is 4.74 Å². The molecule has 0 fully saturated rings. The SMILES string of the molecule is Cc1[nH]cnc1C1COc2c1csc2Br. The van der Waals surface area contributed by atoms with Crippen molar-refractivity contribution in [3.8, 4) is 5.75 Å². The van der Waals surface area contributed by atoms with Crippen LogP contribution in [0.4, 0.5) is 0 Å². The van der Waals surface area contributed by atoms with Gasteiger partial charge in [0.05, 0.1) is 17.9 Å². The van der Waals surface area contributed by atoms with Crippen LogP contribution in [0.25, 0.3) is 0 Å².